The number of hydrogen-bond acceptors (Lipinski definition) is 6. The van der Waals surface area contributed by atoms with Gasteiger partial charge in [0.1, 0.15) is 12.3 Å². The largest absolute Gasteiger partial charge is 0.384 e. The first-order chi connectivity index (χ1) is 7.43. The molecule has 16 heavy (non-hydrogen) atoms. The van der Waals surface area contributed by atoms with Gasteiger partial charge in [0.15, 0.2) is 6.10 Å². The molecule has 8 nitrogen and oxygen atoms in total. The topological polar surface area (TPSA) is 140 Å². The number of nitrogens with zero attached hydrogens (tertiary/aromatic N) is 2. The zero-order valence-corrected chi connectivity index (χ0v) is 7.98. The molecule has 0 saturated carbocycles. The highest BCUT2D eigenvalue weighted by atomic mass is 16.6. The number of nitrogens with two attached hydrogens (primary N) is 1. The molecule has 2 unspecified atom stereocenters. The molecule has 0 spiro atoms. The second-order valence-corrected chi connectivity index (χ2v) is 2.99. The number of rotatable bonds is 4. The lowest BCUT2D eigenvalue weighted by molar-refractivity contribution is -0.385. The molecule has 0 bridgehead atoms. The van der Waals surface area contributed by atoms with Crippen molar-refractivity contribution in [2.24, 2.45) is 5.73 Å². The van der Waals surface area contributed by atoms with Gasteiger partial charge in [-0.1, -0.05) is 0 Å². The van der Waals surface area contributed by atoms with Crippen molar-refractivity contribution in [1.82, 2.24) is 4.98 Å². The molecule has 0 fully saturated rings. The molecule has 0 aliphatic heterocycles. The molecule has 0 radical (unpaired) electrons. The number of hydrogen-bond donors (Lipinski definition) is 3. The number of amides is 1. The minimum absolute atomic E-state index is 0.0723. The normalized spacial score (nSPS) is 14.1. The van der Waals surface area contributed by atoms with Crippen molar-refractivity contribution < 1.29 is 19.9 Å². The van der Waals surface area contributed by atoms with Crippen LogP contribution in [-0.4, -0.2) is 32.1 Å². The van der Waals surface area contributed by atoms with E-state index in [9.17, 15) is 20.0 Å². The number of carbonyl (C=O) groups is 1. The van der Waals surface area contributed by atoms with Gasteiger partial charge in [0, 0.05) is 6.07 Å². The monoisotopic (exact) mass is 227 g/mol. The maximum atomic E-state index is 10.6. The molecule has 86 valence electrons. The van der Waals surface area contributed by atoms with Gasteiger partial charge >= 0.3 is 0 Å². The van der Waals surface area contributed by atoms with E-state index >= 15 is 0 Å². The Hall–Kier alpha value is -2.06. The smallest absolute Gasteiger partial charge is 0.287 e. The fourth-order valence-corrected chi connectivity index (χ4v) is 0.998. The summed E-state index contributed by atoms with van der Waals surface area (Å²) in [4.78, 5) is 23.8. The summed E-state index contributed by atoms with van der Waals surface area (Å²) >= 11 is 0. The third-order valence-electron chi connectivity index (χ3n) is 1.88. The Morgan fingerprint density at radius 2 is 2.12 bits per heavy atom. The van der Waals surface area contributed by atoms with Crippen molar-refractivity contribution >= 4 is 11.6 Å². The zero-order valence-electron chi connectivity index (χ0n) is 7.98. The maximum absolute atomic E-state index is 10.6. The fourth-order valence-electron chi connectivity index (χ4n) is 0.998. The Kier molecular flexibility index (Phi) is 3.48. The third kappa shape index (κ3) is 2.49. The molecule has 0 aromatic carbocycles. The van der Waals surface area contributed by atoms with Crippen molar-refractivity contribution in [2.75, 3.05) is 0 Å². The Balaban J connectivity index is 2.89. The van der Waals surface area contributed by atoms with Crippen molar-refractivity contribution in [3.63, 3.8) is 0 Å². The first-order valence-electron chi connectivity index (χ1n) is 4.19. The van der Waals surface area contributed by atoms with Crippen molar-refractivity contribution in [3.8, 4) is 0 Å². The van der Waals surface area contributed by atoms with E-state index in [0.29, 0.717) is 0 Å². The zero-order chi connectivity index (χ0) is 12.3. The quantitative estimate of drug-likeness (QED) is 0.439. The molecule has 1 heterocycles. The van der Waals surface area contributed by atoms with Gasteiger partial charge in [-0.15, -0.1) is 0 Å². The number of carbonyl (C=O) groups excluding carboxylic acids is 1. The van der Waals surface area contributed by atoms with Crippen LogP contribution in [0.3, 0.4) is 0 Å². The summed E-state index contributed by atoms with van der Waals surface area (Å²) in [6.07, 6.45) is -2.49. The number of aliphatic hydroxyl groups excluding tert-OH is 2. The highest BCUT2D eigenvalue weighted by Crippen LogP contribution is 2.17. The van der Waals surface area contributed by atoms with E-state index in [-0.39, 0.29) is 11.4 Å². The van der Waals surface area contributed by atoms with Crippen LogP contribution in [0.4, 0.5) is 5.69 Å². The molecule has 0 aliphatic carbocycles. The van der Waals surface area contributed by atoms with E-state index in [2.05, 4.69) is 4.98 Å². The number of aromatic nitrogens is 1. The first-order valence-corrected chi connectivity index (χ1v) is 4.19. The first kappa shape index (κ1) is 12.0. The van der Waals surface area contributed by atoms with Crippen LogP contribution >= 0.6 is 0 Å². The molecule has 0 saturated heterocycles. The molecular formula is C8H9N3O5. The molecule has 8 heteroatoms. The average molecular weight is 227 g/mol. The molecule has 1 rings (SSSR count). The van der Waals surface area contributed by atoms with Crippen molar-refractivity contribution in [2.45, 2.75) is 12.2 Å². The van der Waals surface area contributed by atoms with Gasteiger partial charge in [-0.25, -0.2) is 0 Å². The van der Waals surface area contributed by atoms with Crippen LogP contribution in [-0.2, 0) is 4.79 Å². The van der Waals surface area contributed by atoms with Crippen LogP contribution in [0, 0.1) is 10.1 Å². The number of aliphatic hydroxyl groups is 2. The average Bonchev–Trinajstić information content (AvgIpc) is 2.27. The highest BCUT2D eigenvalue weighted by Gasteiger charge is 2.24. The fraction of sp³-hybridized carbons (Fsp3) is 0.250. The SMILES string of the molecule is NC(=O)C(O)C(O)c1ccc([N+](=O)[O-])cn1. The van der Waals surface area contributed by atoms with E-state index < -0.39 is 23.0 Å². The Labute approximate surface area is 89.5 Å². The number of primary amides is 1. The summed E-state index contributed by atoms with van der Waals surface area (Å²) in [7, 11) is 0. The molecule has 1 aromatic rings. The minimum Gasteiger partial charge on any atom is -0.384 e. The van der Waals surface area contributed by atoms with Crippen LogP contribution in [0.5, 0.6) is 0 Å². The summed E-state index contributed by atoms with van der Waals surface area (Å²) in [6, 6.07) is 2.23. The summed E-state index contributed by atoms with van der Waals surface area (Å²) in [6.45, 7) is 0. The summed E-state index contributed by atoms with van der Waals surface area (Å²) in [5.74, 6) is -1.10. The van der Waals surface area contributed by atoms with Crippen LogP contribution in [0.1, 0.15) is 11.8 Å². The summed E-state index contributed by atoms with van der Waals surface area (Å²) < 4.78 is 0. The molecular weight excluding hydrogens is 218 g/mol. The van der Waals surface area contributed by atoms with E-state index in [0.717, 1.165) is 18.3 Å². The van der Waals surface area contributed by atoms with Gasteiger partial charge in [-0.05, 0) is 6.07 Å². The molecule has 2 atom stereocenters. The van der Waals surface area contributed by atoms with E-state index in [1.807, 2.05) is 0 Å². The second-order valence-electron chi connectivity index (χ2n) is 2.99. The Morgan fingerprint density at radius 1 is 1.50 bits per heavy atom. The number of nitro groups is 1. The van der Waals surface area contributed by atoms with Gasteiger partial charge in [-0.3, -0.25) is 19.9 Å². The lowest BCUT2D eigenvalue weighted by Gasteiger charge is -2.13. The molecule has 1 aromatic heterocycles. The minimum atomic E-state index is -1.80. The lowest BCUT2D eigenvalue weighted by atomic mass is 10.1. The summed E-state index contributed by atoms with van der Waals surface area (Å²) in [5, 5.41) is 28.8. The van der Waals surface area contributed by atoms with Crippen LogP contribution < -0.4 is 5.73 Å². The van der Waals surface area contributed by atoms with E-state index in [4.69, 9.17) is 10.8 Å². The summed E-state index contributed by atoms with van der Waals surface area (Å²) in [5.41, 5.74) is 4.44. The predicted molar refractivity (Wildman–Crippen MR) is 51.1 cm³/mol. The van der Waals surface area contributed by atoms with E-state index in [1.54, 1.807) is 0 Å². The van der Waals surface area contributed by atoms with Crippen molar-refractivity contribution in [3.05, 3.63) is 34.1 Å². The van der Waals surface area contributed by atoms with Crippen LogP contribution in [0.15, 0.2) is 18.3 Å². The number of pyridine rings is 1. The van der Waals surface area contributed by atoms with E-state index in [1.165, 1.54) is 0 Å². The lowest BCUT2D eigenvalue weighted by Crippen LogP contribution is -2.34. The molecule has 0 aliphatic rings. The standard InChI is InChI=1S/C8H9N3O5/c9-8(14)7(13)6(12)5-2-1-4(3-10-5)11(15)16/h1-3,6-7,12-13H,(H2,9,14). The predicted octanol–water partition coefficient (Wildman–Crippen LogP) is -1.13. The van der Waals surface area contributed by atoms with Gasteiger partial charge in [0.25, 0.3) is 5.69 Å². The Bertz CT molecular complexity index is 405. The van der Waals surface area contributed by atoms with Gasteiger partial charge in [-0.2, -0.15) is 0 Å². The Morgan fingerprint density at radius 3 is 2.50 bits per heavy atom. The molecule has 1 amide bonds. The van der Waals surface area contributed by atoms with Crippen molar-refractivity contribution in [1.29, 1.82) is 0 Å². The van der Waals surface area contributed by atoms with Crippen LogP contribution in [0.2, 0.25) is 0 Å². The maximum Gasteiger partial charge on any atom is 0.287 e. The van der Waals surface area contributed by atoms with Gasteiger partial charge in [0.2, 0.25) is 5.91 Å². The highest BCUT2D eigenvalue weighted by molar-refractivity contribution is 5.79. The van der Waals surface area contributed by atoms with Gasteiger partial charge in [0.05, 0.1) is 10.6 Å². The second kappa shape index (κ2) is 4.64. The van der Waals surface area contributed by atoms with Gasteiger partial charge < -0.3 is 15.9 Å². The third-order valence-corrected chi connectivity index (χ3v) is 1.88. The molecule has 4 N–H and O–H groups in total. The van der Waals surface area contributed by atoms with Crippen LogP contribution in [0.25, 0.3) is 0 Å².